The Morgan fingerprint density at radius 3 is 2.52 bits per heavy atom. The second kappa shape index (κ2) is 10.1. The van der Waals surface area contributed by atoms with Gasteiger partial charge in [0.1, 0.15) is 18.1 Å². The summed E-state index contributed by atoms with van der Waals surface area (Å²) in [4.78, 5) is 0. The molecule has 0 amide bonds. The van der Waals surface area contributed by atoms with E-state index in [0.717, 1.165) is 23.3 Å². The number of anilines is 1. The van der Waals surface area contributed by atoms with Crippen LogP contribution in [0.3, 0.4) is 0 Å². The number of ether oxygens (including phenoxy) is 3. The van der Waals surface area contributed by atoms with E-state index in [9.17, 15) is 4.39 Å². The molecular weight excluding hydrogens is 365 g/mol. The molecule has 0 spiro atoms. The summed E-state index contributed by atoms with van der Waals surface area (Å²) >= 11 is 4.99. The largest absolute Gasteiger partial charge is 0.493 e. The van der Waals surface area contributed by atoms with Crippen molar-refractivity contribution in [3.63, 3.8) is 0 Å². The highest BCUT2D eigenvalue weighted by Crippen LogP contribution is 2.30. The van der Waals surface area contributed by atoms with Crippen molar-refractivity contribution in [1.82, 2.24) is 0 Å². The predicted octanol–water partition coefficient (Wildman–Crippen LogP) is 5.48. The molecule has 1 N–H and O–H groups in total. The Morgan fingerprint density at radius 2 is 1.85 bits per heavy atom. The van der Waals surface area contributed by atoms with Crippen LogP contribution in [0.15, 0.2) is 30.3 Å². The molecule has 0 aromatic heterocycles. The number of thiocarbonyl (C=S) groups is 1. The van der Waals surface area contributed by atoms with Crippen LogP contribution in [0, 0.1) is 13.8 Å². The monoisotopic (exact) mass is 391 g/mol. The summed E-state index contributed by atoms with van der Waals surface area (Å²) in [7, 11) is 0. The highest BCUT2D eigenvalue weighted by atomic mass is 32.1. The predicted molar refractivity (Wildman–Crippen MR) is 111 cm³/mol. The fourth-order valence-corrected chi connectivity index (χ4v) is 3.01. The molecule has 0 fully saturated rings. The minimum Gasteiger partial charge on any atom is -0.493 e. The summed E-state index contributed by atoms with van der Waals surface area (Å²) in [6.45, 7) is 7.99. The highest BCUT2D eigenvalue weighted by Gasteiger charge is 2.13. The Morgan fingerprint density at radius 1 is 1.07 bits per heavy atom. The van der Waals surface area contributed by atoms with E-state index in [-0.39, 0.29) is 11.8 Å². The van der Waals surface area contributed by atoms with E-state index >= 15 is 0 Å². The molecule has 2 aromatic carbocycles. The van der Waals surface area contributed by atoms with E-state index in [0.29, 0.717) is 18.0 Å². The molecule has 0 heterocycles. The van der Waals surface area contributed by atoms with Gasteiger partial charge in [0.15, 0.2) is 0 Å². The molecule has 6 heteroatoms. The third kappa shape index (κ3) is 5.57. The maximum atomic E-state index is 12.4. The van der Waals surface area contributed by atoms with Crippen LogP contribution in [-0.2, 0) is 17.8 Å². The standard InChI is InChI=1S/C21H26FNO3S/c1-5-16-10-15(4)20(11-14(16)3)25-12-17-18(23-21(27)26-13-22)8-7-9-19(17)24-6-2/h7-11H,5-6,12-13H2,1-4H3,(H,23,27). The van der Waals surface area contributed by atoms with Crippen molar-refractivity contribution in [1.29, 1.82) is 0 Å². The fraction of sp³-hybridized carbons (Fsp3) is 0.381. The van der Waals surface area contributed by atoms with Crippen molar-refractivity contribution in [2.24, 2.45) is 0 Å². The third-order valence-corrected chi connectivity index (χ3v) is 4.46. The number of benzene rings is 2. The SMILES string of the molecule is CCOc1cccc(NC(=S)OCF)c1COc1cc(C)c(CC)cc1C. The van der Waals surface area contributed by atoms with Crippen LogP contribution in [0.5, 0.6) is 11.5 Å². The second-order valence-electron chi connectivity index (χ2n) is 6.07. The molecule has 0 aliphatic carbocycles. The molecule has 146 valence electrons. The third-order valence-electron chi connectivity index (χ3n) is 4.24. The van der Waals surface area contributed by atoms with Crippen molar-refractivity contribution in [2.75, 3.05) is 18.8 Å². The Balaban J connectivity index is 2.28. The molecule has 2 aromatic rings. The lowest BCUT2D eigenvalue weighted by molar-refractivity contribution is 0.184. The Kier molecular flexibility index (Phi) is 7.85. The van der Waals surface area contributed by atoms with Crippen LogP contribution in [0.4, 0.5) is 10.1 Å². The highest BCUT2D eigenvalue weighted by molar-refractivity contribution is 7.80. The zero-order valence-electron chi connectivity index (χ0n) is 16.2. The van der Waals surface area contributed by atoms with Crippen molar-refractivity contribution in [3.8, 4) is 11.5 Å². The number of nitrogens with one attached hydrogen (secondary N) is 1. The van der Waals surface area contributed by atoms with Gasteiger partial charge in [-0.2, -0.15) is 0 Å². The van der Waals surface area contributed by atoms with Crippen molar-refractivity contribution in [3.05, 3.63) is 52.6 Å². The van der Waals surface area contributed by atoms with Gasteiger partial charge in [0.05, 0.1) is 17.9 Å². The van der Waals surface area contributed by atoms with Crippen LogP contribution >= 0.6 is 12.2 Å². The summed E-state index contributed by atoms with van der Waals surface area (Å²) < 4.78 is 28.9. The molecule has 2 rings (SSSR count). The maximum absolute atomic E-state index is 12.4. The molecule has 0 aliphatic rings. The van der Waals surface area contributed by atoms with Gasteiger partial charge in [0, 0.05) is 0 Å². The fourth-order valence-electron chi connectivity index (χ4n) is 2.85. The van der Waals surface area contributed by atoms with Crippen LogP contribution in [0.2, 0.25) is 0 Å². The smallest absolute Gasteiger partial charge is 0.263 e. The first-order valence-electron chi connectivity index (χ1n) is 8.97. The van der Waals surface area contributed by atoms with Crippen LogP contribution in [0.25, 0.3) is 0 Å². The molecule has 27 heavy (non-hydrogen) atoms. The van der Waals surface area contributed by atoms with Gasteiger partial charge in [-0.05, 0) is 74.3 Å². The Labute approximate surface area is 165 Å². The molecule has 0 unspecified atom stereocenters. The van der Waals surface area contributed by atoms with Gasteiger partial charge in [-0.15, -0.1) is 0 Å². The molecule has 4 nitrogen and oxygen atoms in total. The van der Waals surface area contributed by atoms with E-state index < -0.39 is 6.86 Å². The van der Waals surface area contributed by atoms with E-state index in [2.05, 4.69) is 31.3 Å². The molecule has 0 radical (unpaired) electrons. The van der Waals surface area contributed by atoms with Gasteiger partial charge < -0.3 is 19.5 Å². The average molecular weight is 392 g/mol. The molecule has 0 atom stereocenters. The van der Waals surface area contributed by atoms with Crippen molar-refractivity contribution < 1.29 is 18.6 Å². The van der Waals surface area contributed by atoms with Gasteiger partial charge in [0.2, 0.25) is 6.86 Å². The lowest BCUT2D eigenvalue weighted by Crippen LogP contribution is -2.15. The number of aryl methyl sites for hydroxylation is 3. The summed E-state index contributed by atoms with van der Waals surface area (Å²) in [6, 6.07) is 9.74. The van der Waals surface area contributed by atoms with Crippen LogP contribution < -0.4 is 14.8 Å². The average Bonchev–Trinajstić information content (AvgIpc) is 2.63. The Bertz CT molecular complexity index is 795. The van der Waals surface area contributed by atoms with Gasteiger partial charge in [-0.1, -0.05) is 19.1 Å². The number of hydrogen-bond donors (Lipinski definition) is 1. The lowest BCUT2D eigenvalue weighted by Gasteiger charge is -2.18. The first-order valence-corrected chi connectivity index (χ1v) is 9.38. The summed E-state index contributed by atoms with van der Waals surface area (Å²) in [5, 5.41) is 2.86. The normalized spacial score (nSPS) is 10.4. The Hall–Kier alpha value is -2.34. The van der Waals surface area contributed by atoms with Crippen molar-refractivity contribution in [2.45, 2.75) is 40.7 Å². The van der Waals surface area contributed by atoms with E-state index in [4.69, 9.17) is 26.4 Å². The van der Waals surface area contributed by atoms with E-state index in [1.807, 2.05) is 32.0 Å². The second-order valence-corrected chi connectivity index (χ2v) is 6.44. The zero-order chi connectivity index (χ0) is 19.8. The summed E-state index contributed by atoms with van der Waals surface area (Å²) in [5.41, 5.74) is 5.05. The van der Waals surface area contributed by atoms with Gasteiger partial charge >= 0.3 is 0 Å². The molecule has 0 saturated heterocycles. The molecular formula is C21H26FNO3S. The maximum Gasteiger partial charge on any atom is 0.263 e. The van der Waals surface area contributed by atoms with Gasteiger partial charge in [-0.3, -0.25) is 0 Å². The number of alkyl halides is 1. The van der Waals surface area contributed by atoms with Gasteiger partial charge in [-0.25, -0.2) is 4.39 Å². The lowest BCUT2D eigenvalue weighted by atomic mass is 10.0. The minimum atomic E-state index is -0.981. The number of rotatable bonds is 8. The molecule has 0 aliphatic heterocycles. The number of halogens is 1. The topological polar surface area (TPSA) is 39.7 Å². The molecule has 0 saturated carbocycles. The van der Waals surface area contributed by atoms with Crippen LogP contribution in [-0.4, -0.2) is 18.6 Å². The minimum absolute atomic E-state index is 0.0354. The van der Waals surface area contributed by atoms with Crippen molar-refractivity contribution >= 4 is 23.1 Å². The first-order chi connectivity index (χ1) is 13.0. The van der Waals surface area contributed by atoms with E-state index in [1.165, 1.54) is 11.1 Å². The zero-order valence-corrected chi connectivity index (χ0v) is 17.0. The number of hydrogen-bond acceptors (Lipinski definition) is 4. The van der Waals surface area contributed by atoms with Crippen LogP contribution in [0.1, 0.15) is 36.1 Å². The first kappa shape index (κ1) is 21.0. The summed E-state index contributed by atoms with van der Waals surface area (Å²) in [6.07, 6.45) is 0.986. The van der Waals surface area contributed by atoms with Gasteiger partial charge in [0.25, 0.3) is 5.17 Å². The molecule has 0 bridgehead atoms. The summed E-state index contributed by atoms with van der Waals surface area (Å²) in [5.74, 6) is 1.51. The van der Waals surface area contributed by atoms with E-state index in [1.54, 1.807) is 0 Å². The quantitative estimate of drug-likeness (QED) is 0.603.